The second-order valence-electron chi connectivity index (χ2n) is 12.5. The Hall–Kier alpha value is -3.83. The summed E-state index contributed by atoms with van der Waals surface area (Å²) in [6.45, 7) is 9.95. The van der Waals surface area contributed by atoms with E-state index in [9.17, 15) is 4.79 Å². The van der Waals surface area contributed by atoms with Gasteiger partial charge in [0, 0.05) is 66.2 Å². The van der Waals surface area contributed by atoms with E-state index in [1.165, 1.54) is 12.1 Å². The van der Waals surface area contributed by atoms with Gasteiger partial charge in [-0.25, -0.2) is 13.8 Å². The molecule has 230 valence electrons. The Bertz CT molecular complexity index is 1820. The van der Waals surface area contributed by atoms with Gasteiger partial charge in [-0.1, -0.05) is 18.2 Å². The van der Waals surface area contributed by atoms with Gasteiger partial charge in [-0.15, -0.1) is 0 Å². The maximum atomic E-state index is 17.0. The third-order valence-corrected chi connectivity index (χ3v) is 9.59. The van der Waals surface area contributed by atoms with Gasteiger partial charge >= 0.3 is 0 Å². The van der Waals surface area contributed by atoms with Crippen molar-refractivity contribution in [2.45, 2.75) is 50.9 Å². The number of hydrogen-bond acceptors (Lipinski definition) is 7. The second-order valence-corrected chi connectivity index (χ2v) is 12.9. The van der Waals surface area contributed by atoms with Crippen LogP contribution in [0.15, 0.2) is 37.1 Å². The Kier molecular flexibility index (Phi) is 7.00. The SMILES string of the molecule is C=CC(=O)N1C[C@H](C)N(c2nc(N3CC(N(C)C)C3)nc3c(F)c(-c4c(F)ccc5cnn(C6CC6)c45)c(Cl)cc23)C[C@H]1C. The van der Waals surface area contributed by atoms with Gasteiger partial charge in [0.1, 0.15) is 17.2 Å². The average Bonchev–Trinajstić information content (AvgIpc) is 3.72. The molecule has 0 spiro atoms. The fourth-order valence-electron chi connectivity index (χ4n) is 6.50. The molecule has 0 radical (unpaired) electrons. The summed E-state index contributed by atoms with van der Waals surface area (Å²) >= 11 is 6.89. The monoisotopic (exact) mass is 620 g/mol. The lowest BCUT2D eigenvalue weighted by atomic mass is 9.99. The second kappa shape index (κ2) is 10.7. The number of piperazine rings is 1. The number of anilines is 2. The van der Waals surface area contributed by atoms with Crippen molar-refractivity contribution in [2.75, 3.05) is 50.1 Å². The third kappa shape index (κ3) is 4.59. The molecule has 2 aromatic heterocycles. The van der Waals surface area contributed by atoms with E-state index < -0.39 is 11.6 Å². The standard InChI is InChI=1S/C32H35ClF2N8O/c1-6-25(44)41-13-18(3)42(14-17(41)2)31-22-11-23(33)26(27-24(34)10-7-19-12-36-43(30(19)27)20-8-9-20)28(35)29(22)37-32(38-31)40-15-21(16-40)39(4)5/h6-7,10-12,17-18,20-21H,1,8-9,13-16H2,2-5H3/t17-,18+/m1/s1. The number of nitrogens with zero attached hydrogens (tertiary/aromatic N) is 8. The van der Waals surface area contributed by atoms with E-state index in [0.29, 0.717) is 54.9 Å². The average molecular weight is 621 g/mol. The van der Waals surface area contributed by atoms with Gasteiger partial charge in [0.25, 0.3) is 0 Å². The number of halogens is 3. The molecule has 4 heterocycles. The smallest absolute Gasteiger partial charge is 0.246 e. The molecular weight excluding hydrogens is 586 g/mol. The van der Waals surface area contributed by atoms with Crippen molar-refractivity contribution < 1.29 is 13.6 Å². The number of hydrogen-bond donors (Lipinski definition) is 0. The highest BCUT2D eigenvalue weighted by Gasteiger charge is 2.37. The molecule has 1 amide bonds. The first-order valence-corrected chi connectivity index (χ1v) is 15.4. The molecular formula is C32H35ClF2N8O. The van der Waals surface area contributed by atoms with Gasteiger partial charge in [-0.3, -0.25) is 9.48 Å². The van der Waals surface area contributed by atoms with Crippen molar-refractivity contribution >= 4 is 51.1 Å². The first-order valence-electron chi connectivity index (χ1n) is 15.0. The number of carbonyl (C=O) groups excluding carboxylic acids is 1. The highest BCUT2D eigenvalue weighted by atomic mass is 35.5. The molecule has 1 saturated carbocycles. The zero-order valence-electron chi connectivity index (χ0n) is 25.3. The van der Waals surface area contributed by atoms with Crippen molar-refractivity contribution in [1.82, 2.24) is 29.5 Å². The maximum absolute atomic E-state index is 17.0. The lowest BCUT2D eigenvalue weighted by Gasteiger charge is -2.45. The Morgan fingerprint density at radius 1 is 1.07 bits per heavy atom. The summed E-state index contributed by atoms with van der Waals surface area (Å²) in [6.07, 6.45) is 4.89. The van der Waals surface area contributed by atoms with Gasteiger partial charge in [0.05, 0.1) is 22.8 Å². The van der Waals surface area contributed by atoms with Gasteiger partial charge < -0.3 is 19.6 Å². The molecule has 0 bridgehead atoms. The predicted molar refractivity (Wildman–Crippen MR) is 169 cm³/mol. The van der Waals surface area contributed by atoms with Crippen molar-refractivity contribution in [3.05, 3.63) is 53.7 Å². The molecule has 0 unspecified atom stereocenters. The lowest BCUT2D eigenvalue weighted by molar-refractivity contribution is -0.128. The number of amides is 1. The summed E-state index contributed by atoms with van der Waals surface area (Å²) in [5.41, 5.74) is 0.672. The van der Waals surface area contributed by atoms with Crippen LogP contribution in [0, 0.1) is 11.6 Å². The lowest BCUT2D eigenvalue weighted by Crippen LogP contribution is -2.59. The first-order chi connectivity index (χ1) is 21.1. The number of likely N-dealkylation sites (N-methyl/N-ethyl adjacent to an activating group) is 1. The van der Waals surface area contributed by atoms with E-state index in [1.54, 1.807) is 27.9 Å². The van der Waals surface area contributed by atoms with E-state index in [1.807, 2.05) is 32.8 Å². The molecule has 9 nitrogen and oxygen atoms in total. The fourth-order valence-corrected chi connectivity index (χ4v) is 6.79. The summed E-state index contributed by atoms with van der Waals surface area (Å²) < 4.78 is 34.5. The van der Waals surface area contributed by atoms with Crippen LogP contribution in [-0.4, -0.2) is 93.9 Å². The number of aromatic nitrogens is 4. The van der Waals surface area contributed by atoms with Crippen LogP contribution in [0.25, 0.3) is 32.9 Å². The molecule has 44 heavy (non-hydrogen) atoms. The van der Waals surface area contributed by atoms with Crippen LogP contribution in [0.4, 0.5) is 20.5 Å². The van der Waals surface area contributed by atoms with E-state index in [0.717, 1.165) is 18.2 Å². The Balaban J connectivity index is 1.42. The van der Waals surface area contributed by atoms with Crippen LogP contribution < -0.4 is 9.80 Å². The first kappa shape index (κ1) is 28.9. The van der Waals surface area contributed by atoms with Crippen LogP contribution in [0.3, 0.4) is 0 Å². The maximum Gasteiger partial charge on any atom is 0.246 e. The Labute approximate surface area is 259 Å². The van der Waals surface area contributed by atoms with Crippen molar-refractivity contribution in [2.24, 2.45) is 0 Å². The normalized spacial score (nSPS) is 21.0. The van der Waals surface area contributed by atoms with Gasteiger partial charge in [0.15, 0.2) is 5.82 Å². The fraction of sp³-hybridized carbons (Fsp3) is 0.438. The molecule has 12 heteroatoms. The zero-order chi connectivity index (χ0) is 31.0. The van der Waals surface area contributed by atoms with E-state index in [-0.39, 0.29) is 45.7 Å². The van der Waals surface area contributed by atoms with Crippen LogP contribution in [-0.2, 0) is 4.79 Å². The van der Waals surface area contributed by atoms with E-state index >= 15 is 8.78 Å². The number of rotatable bonds is 6. The van der Waals surface area contributed by atoms with E-state index in [4.69, 9.17) is 21.6 Å². The number of benzene rings is 2. The summed E-state index contributed by atoms with van der Waals surface area (Å²) in [6, 6.07) is 4.86. The highest BCUT2D eigenvalue weighted by Crippen LogP contribution is 2.45. The molecule has 1 aliphatic carbocycles. The quantitative estimate of drug-likeness (QED) is 0.272. The van der Waals surface area contributed by atoms with Crippen molar-refractivity contribution in [1.29, 1.82) is 0 Å². The molecule has 0 N–H and O–H groups in total. The largest absolute Gasteiger partial charge is 0.349 e. The summed E-state index contributed by atoms with van der Waals surface area (Å²) in [5, 5.41) is 5.74. The molecule has 4 aromatic rings. The van der Waals surface area contributed by atoms with Crippen LogP contribution in [0.2, 0.25) is 5.02 Å². The zero-order valence-corrected chi connectivity index (χ0v) is 26.0. The van der Waals surface area contributed by atoms with Crippen LogP contribution in [0.5, 0.6) is 0 Å². The molecule has 7 rings (SSSR count). The number of carbonyl (C=O) groups is 1. The van der Waals surface area contributed by atoms with Crippen LogP contribution in [0.1, 0.15) is 32.7 Å². The molecule has 3 fully saturated rings. The van der Waals surface area contributed by atoms with Gasteiger partial charge in [-0.2, -0.15) is 10.1 Å². The summed E-state index contributed by atoms with van der Waals surface area (Å²) in [5.74, 6) is -0.455. The molecule has 2 aromatic carbocycles. The number of fused-ring (bicyclic) bond motifs is 2. The summed E-state index contributed by atoms with van der Waals surface area (Å²) in [4.78, 5) is 30.3. The minimum atomic E-state index is -0.696. The van der Waals surface area contributed by atoms with E-state index in [2.05, 4.69) is 21.5 Å². The topological polar surface area (TPSA) is 73.6 Å². The van der Waals surface area contributed by atoms with Crippen molar-refractivity contribution in [3.8, 4) is 11.1 Å². The van der Waals surface area contributed by atoms with Gasteiger partial charge in [0.2, 0.25) is 11.9 Å². The minimum absolute atomic E-state index is 0.0298. The molecule has 2 atom stereocenters. The highest BCUT2D eigenvalue weighted by molar-refractivity contribution is 6.35. The minimum Gasteiger partial charge on any atom is -0.349 e. The molecule has 3 aliphatic rings. The third-order valence-electron chi connectivity index (χ3n) is 9.29. The molecule has 2 aliphatic heterocycles. The Morgan fingerprint density at radius 3 is 2.50 bits per heavy atom. The summed E-state index contributed by atoms with van der Waals surface area (Å²) in [7, 11) is 4.05. The van der Waals surface area contributed by atoms with Gasteiger partial charge in [-0.05, 0) is 65.1 Å². The molecule has 2 saturated heterocycles. The Morgan fingerprint density at radius 2 is 1.82 bits per heavy atom. The predicted octanol–water partition coefficient (Wildman–Crippen LogP) is 5.27. The van der Waals surface area contributed by atoms with Crippen molar-refractivity contribution in [3.63, 3.8) is 0 Å². The van der Waals surface area contributed by atoms with Crippen LogP contribution >= 0.6 is 11.6 Å².